The standard InChI is InChI=1S/C12H11Cl7NOP/c13-9-3-1-8(2-4-9)10-5-20(10)22(21,6-11(14,15)16)7-12(17,18)19/h1-4,10H,5-7H2. The second-order valence-electron chi connectivity index (χ2n) is 5.08. The third-order valence-corrected chi connectivity index (χ3v) is 8.65. The molecule has 124 valence electrons. The first-order valence-corrected chi connectivity index (χ1v) is 10.8. The smallest absolute Gasteiger partial charge is 0.198 e. The van der Waals surface area contributed by atoms with Gasteiger partial charge in [0.2, 0.25) is 0 Å². The van der Waals surface area contributed by atoms with E-state index < -0.39 is 14.9 Å². The van der Waals surface area contributed by atoms with E-state index >= 15 is 0 Å². The molecule has 0 saturated carbocycles. The summed E-state index contributed by atoms with van der Waals surface area (Å²) in [4.78, 5) is 0. The van der Waals surface area contributed by atoms with E-state index in [-0.39, 0.29) is 18.4 Å². The van der Waals surface area contributed by atoms with E-state index in [1.807, 2.05) is 12.1 Å². The SMILES string of the molecule is O=P(CC(Cl)(Cl)Cl)(CC(Cl)(Cl)Cl)N1CC1c1ccc(Cl)cc1. The van der Waals surface area contributed by atoms with E-state index in [2.05, 4.69) is 0 Å². The van der Waals surface area contributed by atoms with Crippen molar-refractivity contribution in [2.45, 2.75) is 13.6 Å². The van der Waals surface area contributed by atoms with Crippen molar-refractivity contribution in [2.75, 3.05) is 18.9 Å². The van der Waals surface area contributed by atoms with E-state index in [9.17, 15) is 4.57 Å². The third kappa shape index (κ3) is 5.76. The van der Waals surface area contributed by atoms with Crippen molar-refractivity contribution >= 4 is 88.5 Å². The summed E-state index contributed by atoms with van der Waals surface area (Å²) in [5, 5.41) is 0.627. The molecule has 10 heteroatoms. The largest absolute Gasteiger partial charge is 0.306 e. The van der Waals surface area contributed by atoms with Crippen LogP contribution in [0.15, 0.2) is 24.3 Å². The molecule has 1 aromatic carbocycles. The normalized spacial score (nSPS) is 22.7. The van der Waals surface area contributed by atoms with Crippen LogP contribution in [0.25, 0.3) is 0 Å². The first kappa shape index (κ1) is 19.8. The molecule has 1 aromatic rings. The van der Waals surface area contributed by atoms with Gasteiger partial charge in [0.15, 0.2) is 14.9 Å². The Kier molecular flexibility index (Phi) is 6.27. The highest BCUT2D eigenvalue weighted by atomic mass is 35.6. The molecular formula is C12H11Cl7NOP. The van der Waals surface area contributed by atoms with Crippen LogP contribution in [0.5, 0.6) is 0 Å². The fraction of sp³-hybridized carbons (Fsp3) is 0.500. The van der Waals surface area contributed by atoms with Crippen LogP contribution >= 0.6 is 88.5 Å². The molecule has 1 heterocycles. The van der Waals surface area contributed by atoms with E-state index in [1.54, 1.807) is 16.8 Å². The van der Waals surface area contributed by atoms with Crippen LogP contribution in [0.4, 0.5) is 0 Å². The Morgan fingerprint density at radius 2 is 1.45 bits per heavy atom. The maximum absolute atomic E-state index is 13.3. The van der Waals surface area contributed by atoms with Crippen LogP contribution in [0.1, 0.15) is 11.6 Å². The Bertz CT molecular complexity index is 561. The maximum Gasteiger partial charge on any atom is 0.198 e. The number of nitrogens with zero attached hydrogens (tertiary/aromatic N) is 1. The number of halogens is 7. The number of alkyl halides is 6. The first-order valence-electron chi connectivity index (χ1n) is 6.14. The van der Waals surface area contributed by atoms with Gasteiger partial charge in [0.25, 0.3) is 0 Å². The van der Waals surface area contributed by atoms with Crippen molar-refractivity contribution in [3.63, 3.8) is 0 Å². The lowest BCUT2D eigenvalue weighted by molar-refractivity contribution is 0.542. The van der Waals surface area contributed by atoms with Crippen molar-refractivity contribution in [3.05, 3.63) is 34.9 Å². The molecule has 0 aliphatic carbocycles. The third-order valence-electron chi connectivity index (χ3n) is 3.16. The van der Waals surface area contributed by atoms with Crippen LogP contribution in [0.2, 0.25) is 5.02 Å². The van der Waals surface area contributed by atoms with E-state index in [0.29, 0.717) is 11.6 Å². The first-order chi connectivity index (χ1) is 9.90. The number of benzene rings is 1. The molecule has 2 atom stereocenters. The number of hydrogen-bond donors (Lipinski definition) is 0. The van der Waals surface area contributed by atoms with Gasteiger partial charge in [-0.3, -0.25) is 0 Å². The molecule has 22 heavy (non-hydrogen) atoms. The van der Waals surface area contributed by atoms with Crippen molar-refractivity contribution in [2.24, 2.45) is 0 Å². The molecule has 2 rings (SSSR count). The van der Waals surface area contributed by atoms with Gasteiger partial charge in [-0.1, -0.05) is 93.3 Å². The summed E-state index contributed by atoms with van der Waals surface area (Å²) < 4.78 is 11.6. The minimum Gasteiger partial charge on any atom is -0.306 e. The Morgan fingerprint density at radius 1 is 1.00 bits per heavy atom. The van der Waals surface area contributed by atoms with Crippen molar-refractivity contribution in [1.29, 1.82) is 0 Å². The molecule has 0 radical (unpaired) electrons. The fourth-order valence-corrected chi connectivity index (χ4v) is 8.47. The highest BCUT2D eigenvalue weighted by molar-refractivity contribution is 7.62. The monoisotopic (exact) mass is 461 g/mol. The quantitative estimate of drug-likeness (QED) is 0.280. The van der Waals surface area contributed by atoms with Crippen LogP contribution in [0.3, 0.4) is 0 Å². The molecule has 1 saturated heterocycles. The molecule has 1 aliphatic rings. The lowest BCUT2D eigenvalue weighted by atomic mass is 10.2. The van der Waals surface area contributed by atoms with Gasteiger partial charge in [0.1, 0.15) is 0 Å². The molecule has 0 bridgehead atoms. The summed E-state index contributed by atoms with van der Waals surface area (Å²) in [6, 6.07) is 7.21. The molecule has 2 nitrogen and oxygen atoms in total. The van der Waals surface area contributed by atoms with Crippen LogP contribution in [0, 0.1) is 0 Å². The zero-order valence-corrected chi connectivity index (χ0v) is 17.1. The zero-order chi connectivity index (χ0) is 16.8. The lowest BCUT2D eigenvalue weighted by Gasteiger charge is -2.26. The Balaban J connectivity index is 2.21. The Hall–Kier alpha value is 1.44. The lowest BCUT2D eigenvalue weighted by Crippen LogP contribution is -2.22. The van der Waals surface area contributed by atoms with Crippen molar-refractivity contribution in [3.8, 4) is 0 Å². The molecule has 2 unspecified atom stereocenters. The van der Waals surface area contributed by atoms with Gasteiger partial charge in [-0.05, 0) is 17.7 Å². The molecule has 1 aliphatic heterocycles. The average molecular weight is 464 g/mol. The molecule has 0 N–H and O–H groups in total. The van der Waals surface area contributed by atoms with Gasteiger partial charge in [0.05, 0.1) is 18.4 Å². The summed E-state index contributed by atoms with van der Waals surface area (Å²) in [6.45, 7) is 0.556. The van der Waals surface area contributed by atoms with Gasteiger partial charge in [-0.2, -0.15) is 0 Å². The second-order valence-corrected chi connectivity index (χ2v) is 13.4. The van der Waals surface area contributed by atoms with E-state index in [4.69, 9.17) is 81.2 Å². The summed E-state index contributed by atoms with van der Waals surface area (Å²) >= 11 is 40.8. The van der Waals surface area contributed by atoms with E-state index in [0.717, 1.165) is 5.56 Å². The van der Waals surface area contributed by atoms with Gasteiger partial charge >= 0.3 is 0 Å². The fourth-order valence-electron chi connectivity index (χ4n) is 2.29. The summed E-state index contributed by atoms with van der Waals surface area (Å²) in [7, 11) is -3.15. The van der Waals surface area contributed by atoms with Gasteiger partial charge in [-0.25, -0.2) is 4.67 Å². The van der Waals surface area contributed by atoms with Gasteiger partial charge < -0.3 is 4.57 Å². The van der Waals surface area contributed by atoms with E-state index in [1.165, 1.54) is 0 Å². The predicted octanol–water partition coefficient (Wildman–Crippen LogP) is 6.72. The summed E-state index contributed by atoms with van der Waals surface area (Å²) in [5.74, 6) is 0. The molecular weight excluding hydrogens is 453 g/mol. The molecule has 1 fully saturated rings. The molecule has 0 spiro atoms. The maximum atomic E-state index is 13.3. The second kappa shape index (κ2) is 6.98. The zero-order valence-electron chi connectivity index (χ0n) is 11.0. The summed E-state index contributed by atoms with van der Waals surface area (Å²) in [5.41, 5.74) is 0.971. The molecule has 0 amide bonds. The Labute approximate surface area is 164 Å². The minimum absolute atomic E-state index is 0.0530. The van der Waals surface area contributed by atoms with Crippen molar-refractivity contribution in [1.82, 2.24) is 4.67 Å². The summed E-state index contributed by atoms with van der Waals surface area (Å²) in [6.07, 6.45) is -0.356. The van der Waals surface area contributed by atoms with Crippen LogP contribution in [-0.4, -0.2) is 31.1 Å². The predicted molar refractivity (Wildman–Crippen MR) is 98.8 cm³/mol. The van der Waals surface area contributed by atoms with Gasteiger partial charge in [-0.15, -0.1) is 0 Å². The van der Waals surface area contributed by atoms with Crippen LogP contribution in [-0.2, 0) is 4.57 Å². The average Bonchev–Trinajstić information content (AvgIpc) is 3.05. The highest BCUT2D eigenvalue weighted by Gasteiger charge is 2.53. The number of hydrogen-bond acceptors (Lipinski definition) is 1. The van der Waals surface area contributed by atoms with Crippen LogP contribution < -0.4 is 0 Å². The van der Waals surface area contributed by atoms with Gasteiger partial charge in [0, 0.05) is 11.6 Å². The number of rotatable bonds is 4. The highest BCUT2D eigenvalue weighted by Crippen LogP contribution is 2.66. The Morgan fingerprint density at radius 3 is 1.86 bits per heavy atom. The topological polar surface area (TPSA) is 20.1 Å². The molecule has 0 aromatic heterocycles. The van der Waals surface area contributed by atoms with Crippen molar-refractivity contribution < 1.29 is 4.57 Å². The minimum atomic E-state index is -3.15.